The van der Waals surface area contributed by atoms with Crippen LogP contribution >= 0.6 is 0 Å². The lowest BCUT2D eigenvalue weighted by Gasteiger charge is -2.14. The maximum absolute atomic E-state index is 11.7. The smallest absolute Gasteiger partial charge is 0.239 e. The van der Waals surface area contributed by atoms with E-state index >= 15 is 0 Å². The second-order valence-corrected chi connectivity index (χ2v) is 4.27. The van der Waals surface area contributed by atoms with Crippen molar-refractivity contribution >= 4 is 11.8 Å². The summed E-state index contributed by atoms with van der Waals surface area (Å²) in [6.07, 6.45) is 3.64. The van der Waals surface area contributed by atoms with Gasteiger partial charge in [0.1, 0.15) is 0 Å². The lowest BCUT2D eigenvalue weighted by atomic mass is 10.0. The minimum Gasteiger partial charge on any atom is -0.355 e. The number of rotatable bonds is 5. The first-order valence-electron chi connectivity index (χ1n) is 5.95. The number of amides is 2. The summed E-state index contributed by atoms with van der Waals surface area (Å²) < 4.78 is 0. The number of carbonyl (C=O) groups is 2. The molecule has 0 aromatic carbocycles. The van der Waals surface area contributed by atoms with Crippen LogP contribution in [0.4, 0.5) is 0 Å². The zero-order chi connectivity index (χ0) is 12.0. The molecule has 1 aliphatic carbocycles. The minimum absolute atomic E-state index is 0.0429. The van der Waals surface area contributed by atoms with Crippen molar-refractivity contribution in [3.8, 4) is 0 Å². The zero-order valence-electron chi connectivity index (χ0n) is 9.79. The van der Waals surface area contributed by atoms with Crippen molar-refractivity contribution in [2.75, 3.05) is 13.1 Å². The molecule has 1 fully saturated rings. The molecular weight excluding hydrogens is 206 g/mol. The number of carbonyl (C=O) groups excluding carboxylic acids is 2. The second kappa shape index (κ2) is 6.48. The maximum atomic E-state index is 11.7. The Kier molecular flexibility index (Phi) is 5.25. The molecule has 0 saturated heterocycles. The Balaban J connectivity index is 2.21. The second-order valence-electron chi connectivity index (χ2n) is 4.27. The Hall–Kier alpha value is -1.10. The maximum Gasteiger partial charge on any atom is 0.239 e. The van der Waals surface area contributed by atoms with Crippen LogP contribution in [0, 0.1) is 5.92 Å². The fraction of sp³-hybridized carbons (Fsp3) is 0.818. The Morgan fingerprint density at radius 2 is 2.06 bits per heavy atom. The molecule has 4 N–H and O–H groups in total. The molecule has 0 radical (unpaired) electrons. The first-order valence-corrected chi connectivity index (χ1v) is 5.95. The van der Waals surface area contributed by atoms with E-state index in [0.717, 1.165) is 25.7 Å². The number of hydrogen-bond acceptors (Lipinski definition) is 3. The van der Waals surface area contributed by atoms with Gasteiger partial charge >= 0.3 is 0 Å². The highest BCUT2D eigenvalue weighted by atomic mass is 16.2. The molecule has 5 nitrogen and oxygen atoms in total. The molecule has 1 rings (SSSR count). The van der Waals surface area contributed by atoms with E-state index in [1.807, 2.05) is 6.92 Å². The minimum atomic E-state index is -0.137. The van der Waals surface area contributed by atoms with Crippen molar-refractivity contribution in [1.82, 2.24) is 10.6 Å². The van der Waals surface area contributed by atoms with Crippen molar-refractivity contribution in [1.29, 1.82) is 0 Å². The largest absolute Gasteiger partial charge is 0.355 e. The highest BCUT2D eigenvalue weighted by molar-refractivity contribution is 5.86. The monoisotopic (exact) mass is 227 g/mol. The SMILES string of the molecule is CCCNC(=O)CNC(=O)C1CCCC1N. The van der Waals surface area contributed by atoms with Crippen molar-refractivity contribution in [2.24, 2.45) is 11.7 Å². The summed E-state index contributed by atoms with van der Waals surface area (Å²) in [6, 6.07) is -0.0429. The van der Waals surface area contributed by atoms with E-state index in [-0.39, 0.29) is 30.3 Å². The van der Waals surface area contributed by atoms with E-state index in [0.29, 0.717) is 6.54 Å². The van der Waals surface area contributed by atoms with Gasteiger partial charge in [0.05, 0.1) is 12.5 Å². The van der Waals surface area contributed by atoms with E-state index in [9.17, 15) is 9.59 Å². The topological polar surface area (TPSA) is 84.2 Å². The van der Waals surface area contributed by atoms with Crippen molar-refractivity contribution in [2.45, 2.75) is 38.6 Å². The zero-order valence-corrected chi connectivity index (χ0v) is 9.79. The molecule has 5 heteroatoms. The first-order chi connectivity index (χ1) is 7.65. The first kappa shape index (κ1) is 13.0. The summed E-state index contributed by atoms with van der Waals surface area (Å²) in [5.74, 6) is -0.336. The fourth-order valence-electron chi connectivity index (χ4n) is 1.94. The van der Waals surface area contributed by atoms with Crippen LogP contribution in [0.3, 0.4) is 0 Å². The van der Waals surface area contributed by atoms with Gasteiger partial charge in [0.15, 0.2) is 0 Å². The van der Waals surface area contributed by atoms with Crippen LogP contribution in [0.1, 0.15) is 32.6 Å². The van der Waals surface area contributed by atoms with Gasteiger partial charge in [0.25, 0.3) is 0 Å². The van der Waals surface area contributed by atoms with Crippen molar-refractivity contribution < 1.29 is 9.59 Å². The summed E-state index contributed by atoms with van der Waals surface area (Å²) >= 11 is 0. The van der Waals surface area contributed by atoms with E-state index in [2.05, 4.69) is 10.6 Å². The van der Waals surface area contributed by atoms with Crippen LogP contribution in [0.15, 0.2) is 0 Å². The van der Waals surface area contributed by atoms with Crippen LogP contribution in [0.5, 0.6) is 0 Å². The molecule has 0 aromatic rings. The van der Waals surface area contributed by atoms with E-state index in [1.54, 1.807) is 0 Å². The molecule has 1 aliphatic rings. The van der Waals surface area contributed by atoms with Crippen LogP contribution in [-0.2, 0) is 9.59 Å². The average Bonchev–Trinajstić information content (AvgIpc) is 2.69. The lowest BCUT2D eigenvalue weighted by Crippen LogP contribution is -2.43. The molecule has 0 aromatic heterocycles. The van der Waals surface area contributed by atoms with Crippen molar-refractivity contribution in [3.05, 3.63) is 0 Å². The van der Waals surface area contributed by atoms with Gasteiger partial charge in [-0.1, -0.05) is 13.3 Å². The Labute approximate surface area is 96.1 Å². The third kappa shape index (κ3) is 3.81. The third-order valence-corrected chi connectivity index (χ3v) is 2.90. The summed E-state index contributed by atoms with van der Waals surface area (Å²) in [4.78, 5) is 22.9. The van der Waals surface area contributed by atoms with Gasteiger partial charge in [-0.25, -0.2) is 0 Å². The average molecular weight is 227 g/mol. The predicted molar refractivity (Wildman–Crippen MR) is 61.6 cm³/mol. The molecule has 0 aliphatic heterocycles. The quantitative estimate of drug-likeness (QED) is 0.606. The van der Waals surface area contributed by atoms with Gasteiger partial charge in [-0.3, -0.25) is 9.59 Å². The van der Waals surface area contributed by atoms with Gasteiger partial charge in [-0.15, -0.1) is 0 Å². The van der Waals surface area contributed by atoms with E-state index in [4.69, 9.17) is 5.73 Å². The van der Waals surface area contributed by atoms with E-state index < -0.39 is 0 Å². The molecule has 2 unspecified atom stereocenters. The van der Waals surface area contributed by atoms with E-state index in [1.165, 1.54) is 0 Å². The molecule has 16 heavy (non-hydrogen) atoms. The van der Waals surface area contributed by atoms with Gasteiger partial charge < -0.3 is 16.4 Å². The summed E-state index contributed by atoms with van der Waals surface area (Å²) in [5.41, 5.74) is 5.81. The highest BCUT2D eigenvalue weighted by Gasteiger charge is 2.30. The highest BCUT2D eigenvalue weighted by Crippen LogP contribution is 2.23. The van der Waals surface area contributed by atoms with Gasteiger partial charge in [0, 0.05) is 12.6 Å². The molecule has 0 bridgehead atoms. The summed E-state index contributed by atoms with van der Waals surface area (Å²) in [6.45, 7) is 2.69. The van der Waals surface area contributed by atoms with Gasteiger partial charge in [0.2, 0.25) is 11.8 Å². The molecule has 2 amide bonds. The summed E-state index contributed by atoms with van der Waals surface area (Å²) in [7, 11) is 0. The molecule has 1 saturated carbocycles. The molecular formula is C11H21N3O2. The fourth-order valence-corrected chi connectivity index (χ4v) is 1.94. The number of hydrogen-bond donors (Lipinski definition) is 3. The van der Waals surface area contributed by atoms with Crippen LogP contribution in [0.2, 0.25) is 0 Å². The number of nitrogens with two attached hydrogens (primary N) is 1. The molecule has 0 spiro atoms. The van der Waals surface area contributed by atoms with Crippen LogP contribution in [0.25, 0.3) is 0 Å². The van der Waals surface area contributed by atoms with Crippen LogP contribution in [-0.4, -0.2) is 30.9 Å². The summed E-state index contributed by atoms with van der Waals surface area (Å²) in [5, 5.41) is 5.34. The predicted octanol–water partition coefficient (Wildman–Crippen LogP) is -0.244. The molecule has 92 valence electrons. The molecule has 2 atom stereocenters. The lowest BCUT2D eigenvalue weighted by molar-refractivity contribution is -0.128. The Bertz CT molecular complexity index is 256. The van der Waals surface area contributed by atoms with Crippen LogP contribution < -0.4 is 16.4 Å². The Morgan fingerprint density at radius 1 is 1.31 bits per heavy atom. The number of nitrogens with one attached hydrogen (secondary N) is 2. The van der Waals surface area contributed by atoms with Gasteiger partial charge in [-0.05, 0) is 19.3 Å². The standard InChI is InChI=1S/C11H21N3O2/c1-2-6-13-10(15)7-14-11(16)8-4-3-5-9(8)12/h8-9H,2-7,12H2,1H3,(H,13,15)(H,14,16). The third-order valence-electron chi connectivity index (χ3n) is 2.90. The van der Waals surface area contributed by atoms with Gasteiger partial charge in [-0.2, -0.15) is 0 Å². The van der Waals surface area contributed by atoms with Crippen molar-refractivity contribution in [3.63, 3.8) is 0 Å². The normalized spacial score (nSPS) is 24.1. The Morgan fingerprint density at radius 3 is 2.62 bits per heavy atom. The molecule has 0 heterocycles.